The standard InChI is InChI=1S/C5H8N2O4S/c1-12(10,11)3-2-6-5(9)7-4(3)8/h3H,2H2,1H3,(H2,6,7,8,9). The van der Waals surface area contributed by atoms with Crippen LogP contribution in [0.25, 0.3) is 0 Å². The van der Waals surface area contributed by atoms with E-state index in [9.17, 15) is 18.0 Å². The molecule has 12 heavy (non-hydrogen) atoms. The third-order valence-corrected chi connectivity index (χ3v) is 2.91. The number of rotatable bonds is 1. The number of carbonyl (C=O) groups is 2. The monoisotopic (exact) mass is 192 g/mol. The molecule has 1 atom stereocenters. The molecule has 0 bridgehead atoms. The van der Waals surface area contributed by atoms with Crippen molar-refractivity contribution in [3.05, 3.63) is 0 Å². The number of sulfone groups is 1. The van der Waals surface area contributed by atoms with Gasteiger partial charge in [0, 0.05) is 12.8 Å². The second kappa shape index (κ2) is 2.74. The Balaban J connectivity index is 2.83. The first-order valence-electron chi connectivity index (χ1n) is 3.19. The summed E-state index contributed by atoms with van der Waals surface area (Å²) >= 11 is 0. The van der Waals surface area contributed by atoms with Crippen LogP contribution in [0.5, 0.6) is 0 Å². The van der Waals surface area contributed by atoms with Crippen molar-refractivity contribution in [1.29, 1.82) is 0 Å². The molecule has 1 saturated heterocycles. The Hall–Kier alpha value is -1.11. The minimum absolute atomic E-state index is 0.149. The fraction of sp³-hybridized carbons (Fsp3) is 0.600. The first-order valence-corrected chi connectivity index (χ1v) is 5.14. The van der Waals surface area contributed by atoms with Crippen LogP contribution >= 0.6 is 0 Å². The van der Waals surface area contributed by atoms with Crippen molar-refractivity contribution in [1.82, 2.24) is 10.6 Å². The van der Waals surface area contributed by atoms with Crippen LogP contribution in [0, 0.1) is 0 Å². The Morgan fingerprint density at radius 1 is 1.42 bits per heavy atom. The summed E-state index contributed by atoms with van der Waals surface area (Å²) in [5, 5.41) is 2.93. The molecule has 2 N–H and O–H groups in total. The number of amides is 3. The van der Waals surface area contributed by atoms with Crippen LogP contribution in [-0.2, 0) is 14.6 Å². The van der Waals surface area contributed by atoms with Gasteiger partial charge in [0.15, 0.2) is 15.1 Å². The molecule has 1 rings (SSSR count). The van der Waals surface area contributed by atoms with E-state index in [0.29, 0.717) is 0 Å². The maximum Gasteiger partial charge on any atom is 0.321 e. The lowest BCUT2D eigenvalue weighted by molar-refractivity contribution is -0.120. The quantitative estimate of drug-likeness (QED) is 0.514. The first kappa shape index (κ1) is 8.98. The summed E-state index contributed by atoms with van der Waals surface area (Å²) in [4.78, 5) is 21.4. The highest BCUT2D eigenvalue weighted by Crippen LogP contribution is 2.01. The van der Waals surface area contributed by atoms with Gasteiger partial charge < -0.3 is 5.32 Å². The topological polar surface area (TPSA) is 92.3 Å². The summed E-state index contributed by atoms with van der Waals surface area (Å²) in [5.74, 6) is -0.763. The summed E-state index contributed by atoms with van der Waals surface area (Å²) in [5.41, 5.74) is 0. The van der Waals surface area contributed by atoms with Crippen molar-refractivity contribution in [2.45, 2.75) is 5.25 Å². The van der Waals surface area contributed by atoms with Crippen LogP contribution in [0.1, 0.15) is 0 Å². The Kier molecular flexibility index (Phi) is 2.05. The summed E-state index contributed by atoms with van der Waals surface area (Å²) in [7, 11) is -3.43. The van der Waals surface area contributed by atoms with E-state index in [2.05, 4.69) is 5.32 Å². The van der Waals surface area contributed by atoms with Crippen LogP contribution in [-0.4, -0.2) is 38.4 Å². The van der Waals surface area contributed by atoms with E-state index < -0.39 is 27.0 Å². The second-order valence-corrected chi connectivity index (χ2v) is 4.75. The number of carbonyl (C=O) groups excluding carboxylic acids is 2. The fourth-order valence-electron chi connectivity index (χ4n) is 0.860. The zero-order valence-electron chi connectivity index (χ0n) is 6.33. The Morgan fingerprint density at radius 3 is 2.42 bits per heavy atom. The molecular weight excluding hydrogens is 184 g/mol. The van der Waals surface area contributed by atoms with Gasteiger partial charge in [0.25, 0.3) is 0 Å². The van der Waals surface area contributed by atoms with Crippen LogP contribution in [0.3, 0.4) is 0 Å². The highest BCUT2D eigenvalue weighted by Gasteiger charge is 2.33. The van der Waals surface area contributed by atoms with Crippen LogP contribution < -0.4 is 10.6 Å². The predicted octanol–water partition coefficient (Wildman–Crippen LogP) is -1.76. The molecule has 1 heterocycles. The van der Waals surface area contributed by atoms with Gasteiger partial charge in [0.1, 0.15) is 0 Å². The van der Waals surface area contributed by atoms with Crippen molar-refractivity contribution in [3.8, 4) is 0 Å². The maximum atomic E-state index is 10.9. The third kappa shape index (κ3) is 1.73. The highest BCUT2D eigenvalue weighted by atomic mass is 32.2. The zero-order valence-corrected chi connectivity index (χ0v) is 7.14. The van der Waals surface area contributed by atoms with Gasteiger partial charge in [-0.05, 0) is 0 Å². The summed E-state index contributed by atoms with van der Waals surface area (Å²) in [6.45, 7) is -0.149. The van der Waals surface area contributed by atoms with Gasteiger partial charge in [-0.15, -0.1) is 0 Å². The van der Waals surface area contributed by atoms with Crippen molar-refractivity contribution in [2.24, 2.45) is 0 Å². The molecule has 0 saturated carbocycles. The molecule has 0 radical (unpaired) electrons. The van der Waals surface area contributed by atoms with Gasteiger partial charge in [-0.2, -0.15) is 0 Å². The molecule has 0 aromatic rings. The molecule has 7 heteroatoms. The average Bonchev–Trinajstić information content (AvgIpc) is 1.83. The predicted molar refractivity (Wildman–Crippen MR) is 40.2 cm³/mol. The lowest BCUT2D eigenvalue weighted by Crippen LogP contribution is -2.57. The lowest BCUT2D eigenvalue weighted by atomic mass is 10.3. The number of hydrogen-bond acceptors (Lipinski definition) is 4. The Bertz CT molecular complexity index is 320. The normalized spacial score (nSPS) is 24.6. The minimum atomic E-state index is -3.43. The molecule has 1 fully saturated rings. The van der Waals surface area contributed by atoms with Crippen LogP contribution in [0.2, 0.25) is 0 Å². The van der Waals surface area contributed by atoms with Crippen molar-refractivity contribution < 1.29 is 18.0 Å². The number of hydrogen-bond donors (Lipinski definition) is 2. The highest BCUT2D eigenvalue weighted by molar-refractivity contribution is 7.92. The molecule has 6 nitrogen and oxygen atoms in total. The van der Waals surface area contributed by atoms with Gasteiger partial charge in [-0.3, -0.25) is 10.1 Å². The maximum absolute atomic E-state index is 10.9. The van der Waals surface area contributed by atoms with Gasteiger partial charge in [-0.1, -0.05) is 0 Å². The van der Waals surface area contributed by atoms with Gasteiger partial charge >= 0.3 is 6.03 Å². The molecule has 1 aliphatic rings. The number of nitrogens with one attached hydrogen (secondary N) is 2. The SMILES string of the molecule is CS(=O)(=O)C1CNC(=O)NC1=O. The first-order chi connectivity index (χ1) is 5.41. The largest absolute Gasteiger partial charge is 0.336 e. The molecule has 0 aromatic carbocycles. The van der Waals surface area contributed by atoms with Gasteiger partial charge in [0.05, 0.1) is 0 Å². The van der Waals surface area contributed by atoms with Gasteiger partial charge in [-0.25, -0.2) is 13.2 Å². The fourth-order valence-corrected chi connectivity index (χ4v) is 1.69. The minimum Gasteiger partial charge on any atom is -0.336 e. The molecular formula is C5H8N2O4S. The summed E-state index contributed by atoms with van der Waals surface area (Å²) in [6, 6.07) is -0.653. The summed E-state index contributed by atoms with van der Waals surface area (Å²) in [6.07, 6.45) is 0.953. The zero-order chi connectivity index (χ0) is 9.35. The second-order valence-electron chi connectivity index (χ2n) is 2.52. The van der Waals surface area contributed by atoms with E-state index in [1.54, 1.807) is 0 Å². The van der Waals surface area contributed by atoms with Crippen molar-refractivity contribution in [2.75, 3.05) is 12.8 Å². The number of urea groups is 1. The number of imide groups is 1. The molecule has 1 unspecified atom stereocenters. The van der Waals surface area contributed by atoms with E-state index >= 15 is 0 Å². The van der Waals surface area contributed by atoms with E-state index in [1.807, 2.05) is 5.32 Å². The van der Waals surface area contributed by atoms with Crippen LogP contribution in [0.4, 0.5) is 4.79 Å². The molecule has 0 aromatic heterocycles. The average molecular weight is 192 g/mol. The Labute approximate surface area is 69.2 Å². The van der Waals surface area contributed by atoms with Crippen LogP contribution in [0.15, 0.2) is 0 Å². The van der Waals surface area contributed by atoms with Crippen molar-refractivity contribution >= 4 is 21.8 Å². The molecule has 1 aliphatic heterocycles. The Morgan fingerprint density at radius 2 is 2.00 bits per heavy atom. The summed E-state index contributed by atoms with van der Waals surface area (Å²) < 4.78 is 21.8. The third-order valence-electron chi connectivity index (χ3n) is 1.49. The molecule has 3 amide bonds. The molecule has 68 valence electrons. The smallest absolute Gasteiger partial charge is 0.321 e. The van der Waals surface area contributed by atoms with E-state index in [-0.39, 0.29) is 6.54 Å². The van der Waals surface area contributed by atoms with Gasteiger partial charge in [0.2, 0.25) is 5.91 Å². The van der Waals surface area contributed by atoms with E-state index in [0.717, 1.165) is 6.26 Å². The lowest BCUT2D eigenvalue weighted by Gasteiger charge is -2.20. The van der Waals surface area contributed by atoms with Crippen molar-refractivity contribution in [3.63, 3.8) is 0 Å². The van der Waals surface area contributed by atoms with E-state index in [4.69, 9.17) is 0 Å². The molecule has 0 spiro atoms. The van der Waals surface area contributed by atoms with E-state index in [1.165, 1.54) is 0 Å². The molecule has 0 aliphatic carbocycles.